The van der Waals surface area contributed by atoms with Gasteiger partial charge in [0.1, 0.15) is 17.5 Å². The molecule has 0 saturated carbocycles. The Morgan fingerprint density at radius 3 is 2.65 bits per heavy atom. The predicted molar refractivity (Wildman–Crippen MR) is 152 cm³/mol. The largest absolute Gasteiger partial charge is 0.381 e. The van der Waals surface area contributed by atoms with Crippen LogP contribution in [0.3, 0.4) is 0 Å². The Hall–Kier alpha value is -4.51. The molecule has 0 spiro atoms. The molecule has 0 bridgehead atoms. The van der Waals surface area contributed by atoms with Crippen LogP contribution in [0, 0.1) is 13.8 Å². The number of benzene rings is 1. The van der Waals surface area contributed by atoms with Crippen molar-refractivity contribution in [2.75, 3.05) is 35.8 Å². The average molecular weight is 538 g/mol. The van der Waals surface area contributed by atoms with Crippen LogP contribution in [0.15, 0.2) is 36.5 Å². The summed E-state index contributed by atoms with van der Waals surface area (Å²) >= 11 is 0. The standard InChI is InChI=1S/C29H31N9O2/c1-16-11-25(33-17(2)32-16)36-26-12-22(27-23(35-26)14-30-29(27)39)34-21-6-4-5-19-20-13-31-38(18-7-9-40-10-8-18)24(20)15-37(3)28(19)21/h4-6,11-13,18H,7-10,14-15H2,1-3H3,(H,30,39)(H2,32,33,34,35,36). The normalized spacial score (nSPS) is 16.3. The van der Waals surface area contributed by atoms with E-state index in [2.05, 4.69) is 48.6 Å². The zero-order valence-corrected chi connectivity index (χ0v) is 22.8. The summed E-state index contributed by atoms with van der Waals surface area (Å²) in [6.07, 6.45) is 3.95. The maximum atomic E-state index is 12.8. The van der Waals surface area contributed by atoms with Crippen LogP contribution in [0.25, 0.3) is 11.1 Å². The van der Waals surface area contributed by atoms with Crippen molar-refractivity contribution in [3.63, 3.8) is 0 Å². The maximum Gasteiger partial charge on any atom is 0.255 e. The number of hydrogen-bond donors (Lipinski definition) is 3. The third-order valence-electron chi connectivity index (χ3n) is 7.76. The summed E-state index contributed by atoms with van der Waals surface area (Å²) in [6, 6.07) is 10.3. The molecule has 0 radical (unpaired) electrons. The SMILES string of the molecule is Cc1cc(Nc2cc(Nc3cccc4c3N(C)Cc3c-4cnn3C3CCOCC3)c3c(n2)CNC3=O)nc(C)n1. The van der Waals surface area contributed by atoms with Gasteiger partial charge in [-0.1, -0.05) is 12.1 Å². The number of anilines is 5. The zero-order valence-electron chi connectivity index (χ0n) is 22.8. The zero-order chi connectivity index (χ0) is 27.4. The second-order valence-electron chi connectivity index (χ2n) is 10.6. The van der Waals surface area contributed by atoms with Gasteiger partial charge in [-0.05, 0) is 32.8 Å². The number of fused-ring (bicyclic) bond motifs is 4. The fourth-order valence-electron chi connectivity index (χ4n) is 6.04. The molecule has 11 nitrogen and oxygen atoms in total. The van der Waals surface area contributed by atoms with Gasteiger partial charge in [-0.25, -0.2) is 15.0 Å². The van der Waals surface area contributed by atoms with Gasteiger partial charge in [0.15, 0.2) is 0 Å². The van der Waals surface area contributed by atoms with Gasteiger partial charge in [0.05, 0.1) is 59.3 Å². The predicted octanol–water partition coefficient (Wildman–Crippen LogP) is 4.38. The summed E-state index contributed by atoms with van der Waals surface area (Å²) in [5, 5.41) is 14.6. The van der Waals surface area contributed by atoms with Crippen LogP contribution < -0.4 is 20.9 Å². The molecule has 204 valence electrons. The molecule has 0 aliphatic carbocycles. The van der Waals surface area contributed by atoms with Gasteiger partial charge in [0.25, 0.3) is 5.91 Å². The minimum atomic E-state index is -0.136. The van der Waals surface area contributed by atoms with Gasteiger partial charge in [-0.3, -0.25) is 9.48 Å². The Kier molecular flexibility index (Phi) is 5.88. The highest BCUT2D eigenvalue weighted by atomic mass is 16.5. The smallest absolute Gasteiger partial charge is 0.255 e. The van der Waals surface area contributed by atoms with E-state index in [0.717, 1.165) is 60.8 Å². The lowest BCUT2D eigenvalue weighted by molar-refractivity contribution is 0.0654. The number of aromatic nitrogens is 5. The van der Waals surface area contributed by atoms with E-state index in [1.165, 1.54) is 5.69 Å². The van der Waals surface area contributed by atoms with E-state index in [9.17, 15) is 4.79 Å². The number of nitrogens with one attached hydrogen (secondary N) is 3. The van der Waals surface area contributed by atoms with Gasteiger partial charge < -0.3 is 25.6 Å². The molecule has 1 fully saturated rings. The summed E-state index contributed by atoms with van der Waals surface area (Å²) in [5.74, 6) is 1.81. The first-order valence-electron chi connectivity index (χ1n) is 13.6. The third-order valence-corrected chi connectivity index (χ3v) is 7.76. The number of ether oxygens (including phenoxy) is 1. The van der Waals surface area contributed by atoms with Crippen LogP contribution in [-0.4, -0.2) is 50.9 Å². The molecule has 1 saturated heterocycles. The summed E-state index contributed by atoms with van der Waals surface area (Å²) in [4.78, 5) is 28.7. The molecule has 1 amide bonds. The van der Waals surface area contributed by atoms with E-state index in [1.807, 2.05) is 44.3 Å². The van der Waals surface area contributed by atoms with Crippen LogP contribution in [0.2, 0.25) is 0 Å². The van der Waals surface area contributed by atoms with Crippen molar-refractivity contribution in [3.8, 4) is 11.1 Å². The highest BCUT2D eigenvalue weighted by Crippen LogP contribution is 2.45. The second-order valence-corrected chi connectivity index (χ2v) is 10.6. The first-order chi connectivity index (χ1) is 19.4. The van der Waals surface area contributed by atoms with Gasteiger partial charge in [0.2, 0.25) is 0 Å². The maximum absolute atomic E-state index is 12.8. The first kappa shape index (κ1) is 24.5. The Morgan fingerprint density at radius 2 is 1.82 bits per heavy atom. The van der Waals surface area contributed by atoms with E-state index in [4.69, 9.17) is 14.8 Å². The number of carbonyl (C=O) groups is 1. The number of rotatable bonds is 5. The van der Waals surface area contributed by atoms with Crippen molar-refractivity contribution in [3.05, 3.63) is 65.0 Å². The summed E-state index contributed by atoms with van der Waals surface area (Å²) in [7, 11) is 2.10. The van der Waals surface area contributed by atoms with Crippen LogP contribution in [0.5, 0.6) is 0 Å². The van der Waals surface area contributed by atoms with Gasteiger partial charge in [-0.2, -0.15) is 5.10 Å². The van der Waals surface area contributed by atoms with Crippen molar-refractivity contribution < 1.29 is 9.53 Å². The second kappa shape index (κ2) is 9.60. The Bertz CT molecular complexity index is 1620. The van der Waals surface area contributed by atoms with E-state index in [1.54, 1.807) is 0 Å². The van der Waals surface area contributed by atoms with Gasteiger partial charge in [0, 0.05) is 49.2 Å². The Labute approximate surface area is 232 Å². The monoisotopic (exact) mass is 537 g/mol. The number of carbonyl (C=O) groups excluding carboxylic acids is 1. The fraction of sp³-hybridized carbons (Fsp3) is 0.345. The molecular weight excluding hydrogens is 506 g/mol. The summed E-state index contributed by atoms with van der Waals surface area (Å²) in [5.41, 5.74) is 8.29. The van der Waals surface area contributed by atoms with Crippen LogP contribution in [-0.2, 0) is 17.8 Å². The molecule has 6 heterocycles. The molecule has 1 aromatic carbocycles. The van der Waals surface area contributed by atoms with Crippen molar-refractivity contribution in [2.24, 2.45) is 0 Å². The molecule has 0 atom stereocenters. The number of para-hydroxylation sites is 1. The first-order valence-corrected chi connectivity index (χ1v) is 13.6. The fourth-order valence-corrected chi connectivity index (χ4v) is 6.04. The topological polar surface area (TPSA) is 122 Å². The van der Waals surface area contributed by atoms with Gasteiger partial charge in [-0.15, -0.1) is 0 Å². The molecule has 3 N–H and O–H groups in total. The van der Waals surface area contributed by atoms with E-state index in [-0.39, 0.29) is 5.91 Å². The molecule has 3 aromatic heterocycles. The van der Waals surface area contributed by atoms with Crippen molar-refractivity contribution in [1.29, 1.82) is 0 Å². The van der Waals surface area contributed by atoms with Crippen LogP contribution in [0.4, 0.5) is 28.7 Å². The van der Waals surface area contributed by atoms with Crippen molar-refractivity contribution in [1.82, 2.24) is 30.0 Å². The molecule has 7 rings (SSSR count). The lowest BCUT2D eigenvalue weighted by Gasteiger charge is -2.32. The molecule has 40 heavy (non-hydrogen) atoms. The quantitative estimate of drug-likeness (QED) is 0.340. The molecule has 3 aliphatic rings. The molecule has 0 unspecified atom stereocenters. The lowest BCUT2D eigenvalue weighted by Crippen LogP contribution is -2.28. The summed E-state index contributed by atoms with van der Waals surface area (Å²) < 4.78 is 7.78. The number of amides is 1. The van der Waals surface area contributed by atoms with Crippen molar-refractivity contribution >= 4 is 34.6 Å². The van der Waals surface area contributed by atoms with E-state index in [0.29, 0.717) is 47.0 Å². The van der Waals surface area contributed by atoms with Crippen LogP contribution >= 0.6 is 0 Å². The summed E-state index contributed by atoms with van der Waals surface area (Å²) in [6.45, 7) is 6.46. The Balaban J connectivity index is 1.26. The average Bonchev–Trinajstić information content (AvgIpc) is 3.52. The van der Waals surface area contributed by atoms with Crippen LogP contribution in [0.1, 0.15) is 52.1 Å². The number of nitrogens with zero attached hydrogens (tertiary/aromatic N) is 6. The minimum absolute atomic E-state index is 0.136. The minimum Gasteiger partial charge on any atom is -0.381 e. The highest BCUT2D eigenvalue weighted by Gasteiger charge is 2.30. The molecule has 3 aliphatic heterocycles. The molecule has 4 aromatic rings. The molecular formula is C29H31N9O2. The van der Waals surface area contributed by atoms with Gasteiger partial charge >= 0.3 is 0 Å². The van der Waals surface area contributed by atoms with Crippen molar-refractivity contribution in [2.45, 2.75) is 45.8 Å². The number of hydrogen-bond acceptors (Lipinski definition) is 9. The highest BCUT2D eigenvalue weighted by molar-refractivity contribution is 6.05. The Morgan fingerprint density at radius 1 is 1.00 bits per heavy atom. The van der Waals surface area contributed by atoms with E-state index >= 15 is 0 Å². The lowest BCUT2D eigenvalue weighted by atomic mass is 9.97. The number of pyridine rings is 1. The van der Waals surface area contributed by atoms with E-state index < -0.39 is 0 Å². The third kappa shape index (κ3) is 4.22. The molecule has 11 heteroatoms. The number of aryl methyl sites for hydroxylation is 2.